The first-order chi connectivity index (χ1) is 6.90. The summed E-state index contributed by atoms with van der Waals surface area (Å²) in [4.78, 5) is 0. The van der Waals surface area contributed by atoms with Crippen LogP contribution in [0.1, 0.15) is 6.42 Å². The van der Waals surface area contributed by atoms with Crippen LogP contribution in [-0.2, 0) is 4.74 Å². The fraction of sp³-hybridized carbons (Fsp3) is 0.636. The molecule has 1 heterocycles. The highest BCUT2D eigenvalue weighted by atomic mass is 16.5. The Morgan fingerprint density at radius 2 is 2.36 bits per heavy atom. The molecule has 3 heteroatoms. The van der Waals surface area contributed by atoms with E-state index in [1.54, 1.807) is 7.11 Å². The van der Waals surface area contributed by atoms with Gasteiger partial charge < -0.3 is 15.4 Å². The first kappa shape index (κ1) is 9.90. The molecular weight excluding hydrogens is 176 g/mol. The van der Waals surface area contributed by atoms with Gasteiger partial charge in [0, 0.05) is 39.2 Å². The molecule has 14 heavy (non-hydrogen) atoms. The van der Waals surface area contributed by atoms with E-state index in [2.05, 4.69) is 28.9 Å². The molecule has 0 radical (unpaired) electrons. The summed E-state index contributed by atoms with van der Waals surface area (Å²) < 4.78 is 5.34. The Morgan fingerprint density at radius 3 is 3.07 bits per heavy atom. The van der Waals surface area contributed by atoms with Crippen molar-refractivity contribution in [2.75, 3.05) is 26.7 Å². The van der Waals surface area contributed by atoms with Crippen molar-refractivity contribution >= 4 is 0 Å². The summed E-state index contributed by atoms with van der Waals surface area (Å²) in [6, 6.07) is 0.492. The quantitative estimate of drug-likeness (QED) is 0.669. The lowest BCUT2D eigenvalue weighted by molar-refractivity contribution is 0.138. The highest BCUT2D eigenvalue weighted by Gasteiger charge is 2.20. The average Bonchev–Trinajstić information content (AvgIpc) is 2.30. The molecule has 3 nitrogen and oxygen atoms in total. The second kappa shape index (κ2) is 4.73. The van der Waals surface area contributed by atoms with Gasteiger partial charge in [-0.05, 0) is 5.57 Å². The van der Waals surface area contributed by atoms with Crippen molar-refractivity contribution in [1.82, 2.24) is 10.6 Å². The number of rotatable bonds is 2. The molecule has 0 amide bonds. The van der Waals surface area contributed by atoms with E-state index in [1.165, 1.54) is 5.57 Å². The van der Waals surface area contributed by atoms with Gasteiger partial charge in [0.15, 0.2) is 0 Å². The molecular formula is C11H18N2O. The fourth-order valence-electron chi connectivity index (χ4n) is 2.01. The van der Waals surface area contributed by atoms with Gasteiger partial charge >= 0.3 is 0 Å². The summed E-state index contributed by atoms with van der Waals surface area (Å²) in [6.07, 6.45) is 7.70. The molecule has 0 aromatic heterocycles. The lowest BCUT2D eigenvalue weighted by Crippen LogP contribution is -2.49. The Labute approximate surface area is 85.2 Å². The SMILES string of the molecule is COC1C=CC=C(C2CNCCN2)C1. The van der Waals surface area contributed by atoms with E-state index in [4.69, 9.17) is 4.74 Å². The van der Waals surface area contributed by atoms with Gasteiger partial charge in [0.25, 0.3) is 0 Å². The van der Waals surface area contributed by atoms with Crippen LogP contribution in [0.3, 0.4) is 0 Å². The fourth-order valence-corrected chi connectivity index (χ4v) is 2.01. The molecule has 2 unspecified atom stereocenters. The molecule has 0 spiro atoms. The maximum atomic E-state index is 5.34. The molecule has 0 aromatic carbocycles. The monoisotopic (exact) mass is 194 g/mol. The van der Waals surface area contributed by atoms with Crippen LogP contribution in [0.2, 0.25) is 0 Å². The Hall–Kier alpha value is -0.640. The summed E-state index contributed by atoms with van der Waals surface area (Å²) in [7, 11) is 1.77. The zero-order chi connectivity index (χ0) is 9.80. The van der Waals surface area contributed by atoms with E-state index >= 15 is 0 Å². The predicted octanol–water partition coefficient (Wildman–Crippen LogP) is 0.449. The van der Waals surface area contributed by atoms with Gasteiger partial charge in [0.05, 0.1) is 6.10 Å². The summed E-state index contributed by atoms with van der Waals surface area (Å²) in [6.45, 7) is 3.17. The van der Waals surface area contributed by atoms with Crippen LogP contribution >= 0.6 is 0 Å². The van der Waals surface area contributed by atoms with Gasteiger partial charge in [0.2, 0.25) is 0 Å². The highest BCUT2D eigenvalue weighted by molar-refractivity contribution is 5.25. The third kappa shape index (κ3) is 2.23. The van der Waals surface area contributed by atoms with Crippen molar-refractivity contribution in [2.24, 2.45) is 0 Å². The van der Waals surface area contributed by atoms with Crippen molar-refractivity contribution in [3.8, 4) is 0 Å². The van der Waals surface area contributed by atoms with E-state index in [1.807, 2.05) is 0 Å². The molecule has 78 valence electrons. The van der Waals surface area contributed by atoms with Gasteiger partial charge in [-0.2, -0.15) is 0 Å². The van der Waals surface area contributed by atoms with E-state index in [-0.39, 0.29) is 6.10 Å². The first-order valence-corrected chi connectivity index (χ1v) is 5.24. The molecule has 1 aliphatic heterocycles. The number of allylic oxidation sites excluding steroid dienone is 2. The van der Waals surface area contributed by atoms with E-state index in [0.717, 1.165) is 26.1 Å². The van der Waals surface area contributed by atoms with Gasteiger partial charge in [-0.3, -0.25) is 0 Å². The summed E-state index contributed by atoms with van der Waals surface area (Å²) >= 11 is 0. The van der Waals surface area contributed by atoms with Gasteiger partial charge in [-0.25, -0.2) is 0 Å². The smallest absolute Gasteiger partial charge is 0.0792 e. The molecule has 2 rings (SSSR count). The van der Waals surface area contributed by atoms with Gasteiger partial charge in [-0.15, -0.1) is 0 Å². The van der Waals surface area contributed by atoms with Crippen LogP contribution in [-0.4, -0.2) is 38.9 Å². The lowest BCUT2D eigenvalue weighted by atomic mass is 9.95. The lowest BCUT2D eigenvalue weighted by Gasteiger charge is -2.29. The highest BCUT2D eigenvalue weighted by Crippen LogP contribution is 2.18. The molecule has 1 aliphatic carbocycles. The van der Waals surface area contributed by atoms with Crippen molar-refractivity contribution in [3.63, 3.8) is 0 Å². The van der Waals surface area contributed by atoms with Crippen LogP contribution in [0.25, 0.3) is 0 Å². The van der Waals surface area contributed by atoms with E-state index in [0.29, 0.717) is 6.04 Å². The minimum absolute atomic E-state index is 0.263. The standard InChI is InChI=1S/C11H18N2O/c1-14-10-4-2-3-9(7-10)11-8-12-5-6-13-11/h2-4,10-13H,5-8H2,1H3. The van der Waals surface area contributed by atoms with Crippen molar-refractivity contribution < 1.29 is 4.74 Å². The molecule has 2 aliphatic rings. The molecule has 1 fully saturated rings. The second-order valence-electron chi connectivity index (χ2n) is 3.82. The van der Waals surface area contributed by atoms with Crippen molar-refractivity contribution in [1.29, 1.82) is 0 Å². The van der Waals surface area contributed by atoms with E-state index < -0.39 is 0 Å². The molecule has 2 N–H and O–H groups in total. The molecule has 1 saturated heterocycles. The number of hydrogen-bond acceptors (Lipinski definition) is 3. The van der Waals surface area contributed by atoms with Crippen LogP contribution < -0.4 is 10.6 Å². The topological polar surface area (TPSA) is 33.3 Å². The summed E-state index contributed by atoms with van der Waals surface area (Å²) in [5, 5.41) is 6.91. The second-order valence-corrected chi connectivity index (χ2v) is 3.82. The number of nitrogens with one attached hydrogen (secondary N) is 2. The van der Waals surface area contributed by atoms with Gasteiger partial charge in [-0.1, -0.05) is 18.2 Å². The Balaban J connectivity index is 1.96. The summed E-state index contributed by atoms with van der Waals surface area (Å²) in [5.41, 5.74) is 1.45. The maximum Gasteiger partial charge on any atom is 0.0792 e. The van der Waals surface area contributed by atoms with E-state index in [9.17, 15) is 0 Å². The van der Waals surface area contributed by atoms with Crippen LogP contribution in [0, 0.1) is 0 Å². The number of ether oxygens (including phenoxy) is 1. The molecule has 0 aromatic rings. The first-order valence-electron chi connectivity index (χ1n) is 5.24. The summed E-state index contributed by atoms with van der Waals surface area (Å²) in [5.74, 6) is 0. The zero-order valence-corrected chi connectivity index (χ0v) is 8.62. The van der Waals surface area contributed by atoms with Crippen molar-refractivity contribution in [2.45, 2.75) is 18.6 Å². The number of hydrogen-bond donors (Lipinski definition) is 2. The van der Waals surface area contributed by atoms with Gasteiger partial charge in [0.1, 0.15) is 0 Å². The minimum Gasteiger partial charge on any atom is -0.377 e. The number of methoxy groups -OCH3 is 1. The third-order valence-corrected chi connectivity index (χ3v) is 2.86. The largest absolute Gasteiger partial charge is 0.377 e. The predicted molar refractivity (Wildman–Crippen MR) is 57.3 cm³/mol. The Morgan fingerprint density at radius 1 is 1.43 bits per heavy atom. The number of piperazine rings is 1. The van der Waals surface area contributed by atoms with Crippen LogP contribution in [0.5, 0.6) is 0 Å². The van der Waals surface area contributed by atoms with Crippen LogP contribution in [0.4, 0.5) is 0 Å². The van der Waals surface area contributed by atoms with Crippen LogP contribution in [0.15, 0.2) is 23.8 Å². The normalized spacial score (nSPS) is 32.8. The average molecular weight is 194 g/mol. The van der Waals surface area contributed by atoms with Crippen molar-refractivity contribution in [3.05, 3.63) is 23.8 Å². The molecule has 2 atom stereocenters. The Bertz CT molecular complexity index is 242. The minimum atomic E-state index is 0.263. The Kier molecular flexibility index (Phi) is 3.35. The maximum absolute atomic E-state index is 5.34. The third-order valence-electron chi connectivity index (χ3n) is 2.86. The zero-order valence-electron chi connectivity index (χ0n) is 8.62. The molecule has 0 bridgehead atoms. The molecule has 0 saturated carbocycles.